The molecule has 0 aliphatic rings. The van der Waals surface area contributed by atoms with Gasteiger partial charge in [0, 0.05) is 12.2 Å². The average molecular weight is 455 g/mol. The molecule has 3 aromatic rings. The summed E-state index contributed by atoms with van der Waals surface area (Å²) < 4.78 is 7.96. The van der Waals surface area contributed by atoms with Crippen LogP contribution in [0.4, 0.5) is 5.69 Å². The first kappa shape index (κ1) is 23.3. The summed E-state index contributed by atoms with van der Waals surface area (Å²) in [4.78, 5) is 23.4. The summed E-state index contributed by atoms with van der Waals surface area (Å²) in [6, 6.07) is 14.1. The van der Waals surface area contributed by atoms with Crippen LogP contribution in [0.1, 0.15) is 48.6 Å². The fourth-order valence-electron chi connectivity index (χ4n) is 3.12. The number of rotatable bonds is 10. The molecule has 8 nitrogen and oxygen atoms in total. The number of carboxylic acids is 1. The van der Waals surface area contributed by atoms with Crippen molar-refractivity contribution in [3.05, 3.63) is 65.5 Å². The minimum atomic E-state index is -1.04. The van der Waals surface area contributed by atoms with Crippen LogP contribution in [0.2, 0.25) is 0 Å². The lowest BCUT2D eigenvalue weighted by Crippen LogP contribution is -2.15. The lowest BCUT2D eigenvalue weighted by molar-refractivity contribution is -0.113. The van der Waals surface area contributed by atoms with Crippen LogP contribution in [-0.4, -0.2) is 37.5 Å². The maximum atomic E-state index is 12.3. The molecule has 1 amide bonds. The molecule has 0 radical (unpaired) electrons. The third-order valence-corrected chi connectivity index (χ3v) is 5.76. The molecule has 0 saturated heterocycles. The van der Waals surface area contributed by atoms with Crippen molar-refractivity contribution in [2.45, 2.75) is 45.0 Å². The molecule has 0 aliphatic carbocycles. The molecule has 9 heteroatoms. The van der Waals surface area contributed by atoms with E-state index in [4.69, 9.17) is 9.84 Å². The van der Waals surface area contributed by atoms with Crippen molar-refractivity contribution in [2.24, 2.45) is 0 Å². The quantitative estimate of drug-likeness (QED) is 0.437. The topological polar surface area (TPSA) is 106 Å². The van der Waals surface area contributed by atoms with Crippen LogP contribution >= 0.6 is 11.8 Å². The number of aromatic nitrogens is 3. The third kappa shape index (κ3) is 5.88. The number of nitrogens with one attached hydrogen (secondary N) is 1. The van der Waals surface area contributed by atoms with Crippen molar-refractivity contribution < 1.29 is 19.4 Å². The van der Waals surface area contributed by atoms with Crippen molar-refractivity contribution in [3.8, 4) is 5.75 Å². The summed E-state index contributed by atoms with van der Waals surface area (Å²) in [5.74, 6) is 0.256. The first-order valence-corrected chi connectivity index (χ1v) is 11.3. The average Bonchev–Trinajstić information content (AvgIpc) is 3.21. The number of amides is 1. The minimum Gasteiger partial charge on any atom is -0.483 e. The number of aromatic carboxylic acids is 1. The number of carboxylic acid groups (broad SMARTS) is 1. The van der Waals surface area contributed by atoms with E-state index in [1.165, 1.54) is 29.5 Å². The maximum Gasteiger partial charge on any atom is 0.335 e. The van der Waals surface area contributed by atoms with E-state index in [-0.39, 0.29) is 23.3 Å². The standard InChI is InChI=1S/C23H26N4O4S/c1-4-16-9-11-19(12-10-16)31-15(3)21-25-26-23(27(21)5-2)32-14-20(28)24-18-8-6-7-17(13-18)22(29)30/h6-13,15H,4-5,14H2,1-3H3,(H,24,28)(H,29,30)/t15-/m1/s1. The highest BCUT2D eigenvalue weighted by molar-refractivity contribution is 7.99. The molecule has 0 aliphatic heterocycles. The molecule has 2 N–H and O–H groups in total. The first-order valence-electron chi connectivity index (χ1n) is 10.4. The van der Waals surface area contributed by atoms with Gasteiger partial charge in [0.25, 0.3) is 0 Å². The lowest BCUT2D eigenvalue weighted by atomic mass is 10.2. The number of hydrogen-bond donors (Lipinski definition) is 2. The lowest BCUT2D eigenvalue weighted by Gasteiger charge is -2.16. The molecule has 0 fully saturated rings. The zero-order valence-electron chi connectivity index (χ0n) is 18.2. The van der Waals surface area contributed by atoms with Crippen LogP contribution in [-0.2, 0) is 17.8 Å². The Balaban J connectivity index is 1.62. The van der Waals surface area contributed by atoms with Crippen LogP contribution in [0.25, 0.3) is 0 Å². The Morgan fingerprint density at radius 2 is 1.91 bits per heavy atom. The highest BCUT2D eigenvalue weighted by atomic mass is 32.2. The molecule has 0 unspecified atom stereocenters. The molecule has 1 atom stereocenters. The number of aryl methyl sites for hydroxylation is 1. The van der Waals surface area contributed by atoms with E-state index in [0.717, 1.165) is 12.2 Å². The van der Waals surface area contributed by atoms with Crippen molar-refractivity contribution in [1.82, 2.24) is 14.8 Å². The fourth-order valence-corrected chi connectivity index (χ4v) is 3.93. The van der Waals surface area contributed by atoms with Gasteiger partial charge in [-0.05, 0) is 56.2 Å². The van der Waals surface area contributed by atoms with Gasteiger partial charge in [-0.15, -0.1) is 10.2 Å². The number of thioether (sulfide) groups is 1. The Morgan fingerprint density at radius 1 is 1.16 bits per heavy atom. The van der Waals surface area contributed by atoms with E-state index in [1.54, 1.807) is 12.1 Å². The Hall–Kier alpha value is -3.33. The number of anilines is 1. The van der Waals surface area contributed by atoms with Gasteiger partial charge >= 0.3 is 5.97 Å². The second kappa shape index (κ2) is 10.8. The minimum absolute atomic E-state index is 0.114. The second-order valence-electron chi connectivity index (χ2n) is 7.07. The molecule has 1 heterocycles. The molecular weight excluding hydrogens is 428 g/mol. The van der Waals surface area contributed by atoms with E-state index >= 15 is 0 Å². The van der Waals surface area contributed by atoms with Gasteiger partial charge in [0.2, 0.25) is 5.91 Å². The van der Waals surface area contributed by atoms with Gasteiger partial charge in [0.05, 0.1) is 11.3 Å². The Kier molecular flexibility index (Phi) is 7.88. The SMILES string of the molecule is CCc1ccc(O[C@H](C)c2nnc(SCC(=O)Nc3cccc(C(=O)O)c3)n2CC)cc1. The summed E-state index contributed by atoms with van der Waals surface area (Å²) in [6.07, 6.45) is 0.663. The van der Waals surface area contributed by atoms with Gasteiger partial charge in [-0.25, -0.2) is 4.79 Å². The van der Waals surface area contributed by atoms with Crippen molar-refractivity contribution >= 4 is 29.3 Å². The van der Waals surface area contributed by atoms with Crippen LogP contribution in [0.5, 0.6) is 5.75 Å². The highest BCUT2D eigenvalue weighted by Gasteiger charge is 2.19. The second-order valence-corrected chi connectivity index (χ2v) is 8.01. The zero-order chi connectivity index (χ0) is 23.1. The van der Waals surface area contributed by atoms with Crippen molar-refractivity contribution in [2.75, 3.05) is 11.1 Å². The Bertz CT molecular complexity index is 1080. The zero-order valence-corrected chi connectivity index (χ0v) is 19.1. The number of benzene rings is 2. The summed E-state index contributed by atoms with van der Waals surface area (Å²) in [5.41, 5.74) is 1.79. The Morgan fingerprint density at radius 3 is 2.56 bits per heavy atom. The predicted octanol–water partition coefficient (Wildman–Crippen LogP) is 4.43. The number of nitrogens with zero attached hydrogens (tertiary/aromatic N) is 3. The number of ether oxygens (including phenoxy) is 1. The van der Waals surface area contributed by atoms with Gasteiger partial charge in [-0.3, -0.25) is 4.79 Å². The molecule has 2 aromatic carbocycles. The molecule has 0 bridgehead atoms. The predicted molar refractivity (Wildman–Crippen MR) is 123 cm³/mol. The van der Waals surface area contributed by atoms with Gasteiger partial charge in [0.1, 0.15) is 5.75 Å². The van der Waals surface area contributed by atoms with Crippen molar-refractivity contribution in [3.63, 3.8) is 0 Å². The smallest absolute Gasteiger partial charge is 0.335 e. The molecule has 0 spiro atoms. The third-order valence-electron chi connectivity index (χ3n) is 4.80. The van der Waals surface area contributed by atoms with Crippen LogP contribution in [0.3, 0.4) is 0 Å². The summed E-state index contributed by atoms with van der Waals surface area (Å²) in [5, 5.41) is 20.9. The fraction of sp³-hybridized carbons (Fsp3) is 0.304. The molecule has 0 saturated carbocycles. The normalized spacial score (nSPS) is 11.7. The monoisotopic (exact) mass is 454 g/mol. The summed E-state index contributed by atoms with van der Waals surface area (Å²) in [7, 11) is 0. The maximum absolute atomic E-state index is 12.3. The van der Waals surface area contributed by atoms with Gasteiger partial charge in [-0.2, -0.15) is 0 Å². The molecule has 168 valence electrons. The van der Waals surface area contributed by atoms with Crippen LogP contribution < -0.4 is 10.1 Å². The number of hydrogen-bond acceptors (Lipinski definition) is 6. The van der Waals surface area contributed by atoms with Crippen LogP contribution in [0, 0.1) is 0 Å². The van der Waals surface area contributed by atoms with E-state index < -0.39 is 5.97 Å². The highest BCUT2D eigenvalue weighted by Crippen LogP contribution is 2.25. The summed E-state index contributed by atoms with van der Waals surface area (Å²) in [6.45, 7) is 6.64. The number of carbonyl (C=O) groups is 2. The van der Waals surface area contributed by atoms with E-state index in [0.29, 0.717) is 23.2 Å². The molecule has 1 aromatic heterocycles. The van der Waals surface area contributed by atoms with Gasteiger partial charge < -0.3 is 19.7 Å². The number of carbonyl (C=O) groups excluding carboxylic acids is 1. The first-order chi connectivity index (χ1) is 15.4. The Labute approximate surface area is 191 Å². The largest absolute Gasteiger partial charge is 0.483 e. The van der Waals surface area contributed by atoms with Gasteiger partial charge in [0.15, 0.2) is 17.1 Å². The van der Waals surface area contributed by atoms with E-state index in [9.17, 15) is 9.59 Å². The van der Waals surface area contributed by atoms with Crippen LogP contribution in [0.15, 0.2) is 53.7 Å². The van der Waals surface area contributed by atoms with Crippen molar-refractivity contribution in [1.29, 1.82) is 0 Å². The van der Waals surface area contributed by atoms with E-state index in [2.05, 4.69) is 22.4 Å². The van der Waals surface area contributed by atoms with E-state index in [1.807, 2.05) is 42.7 Å². The summed E-state index contributed by atoms with van der Waals surface area (Å²) >= 11 is 1.26. The molecule has 3 rings (SSSR count). The molecular formula is C23H26N4O4S. The van der Waals surface area contributed by atoms with Gasteiger partial charge in [-0.1, -0.05) is 36.9 Å². The molecule has 32 heavy (non-hydrogen) atoms.